The van der Waals surface area contributed by atoms with Crippen LogP contribution in [0.4, 0.5) is 0 Å². The Balaban J connectivity index is 1.42. The Morgan fingerprint density at radius 1 is 0.857 bits per heavy atom. The van der Waals surface area contributed by atoms with Crippen LogP contribution in [0.25, 0.3) is 17.2 Å². The van der Waals surface area contributed by atoms with Gasteiger partial charge in [0.25, 0.3) is 0 Å². The van der Waals surface area contributed by atoms with Crippen molar-refractivity contribution < 1.29 is 14.2 Å². The number of unbranched alkanes of at least 4 members (excludes halogenated alkanes) is 1. The lowest BCUT2D eigenvalue weighted by Crippen LogP contribution is -2.25. The maximum Gasteiger partial charge on any atom is 0.231 e. The van der Waals surface area contributed by atoms with Gasteiger partial charge in [0.15, 0.2) is 11.5 Å². The highest BCUT2D eigenvalue weighted by Crippen LogP contribution is 2.34. The second kappa shape index (κ2) is 13.0. The number of hydrogen-bond acceptors (Lipinski definition) is 6. The highest BCUT2D eigenvalue weighted by Gasteiger charge is 2.23. The molecule has 8 heteroatoms. The van der Waals surface area contributed by atoms with Gasteiger partial charge in [-0.1, -0.05) is 61.9 Å². The zero-order valence-electron chi connectivity index (χ0n) is 24.3. The van der Waals surface area contributed by atoms with E-state index in [0.717, 1.165) is 72.5 Å². The van der Waals surface area contributed by atoms with E-state index in [0.29, 0.717) is 13.2 Å². The highest BCUT2D eigenvalue weighted by atomic mass is 16.7. The molecule has 8 nitrogen and oxygen atoms in total. The van der Waals surface area contributed by atoms with Gasteiger partial charge in [-0.15, -0.1) is 0 Å². The molecule has 3 aromatic carbocycles. The third-order valence-corrected chi connectivity index (χ3v) is 7.38. The van der Waals surface area contributed by atoms with E-state index in [1.165, 1.54) is 11.3 Å². The smallest absolute Gasteiger partial charge is 0.231 e. The van der Waals surface area contributed by atoms with E-state index in [4.69, 9.17) is 19.2 Å². The Hall–Kier alpha value is -4.56. The summed E-state index contributed by atoms with van der Waals surface area (Å²) in [6.45, 7) is 8.14. The van der Waals surface area contributed by atoms with E-state index in [9.17, 15) is 0 Å². The van der Waals surface area contributed by atoms with Crippen molar-refractivity contribution in [3.05, 3.63) is 108 Å². The zero-order chi connectivity index (χ0) is 28.7. The average molecular weight is 564 g/mol. The third-order valence-electron chi connectivity index (χ3n) is 7.38. The summed E-state index contributed by atoms with van der Waals surface area (Å²) in [5.41, 5.74) is 5.60. The van der Waals surface area contributed by atoms with E-state index in [1.807, 2.05) is 42.1 Å². The van der Waals surface area contributed by atoms with Gasteiger partial charge in [-0.05, 0) is 54.8 Å². The van der Waals surface area contributed by atoms with Crippen LogP contribution in [0.1, 0.15) is 43.5 Å². The monoisotopic (exact) mass is 563 g/mol. The van der Waals surface area contributed by atoms with Gasteiger partial charge in [0, 0.05) is 44.1 Å². The van der Waals surface area contributed by atoms with Crippen LogP contribution in [-0.2, 0) is 26.2 Å². The molecule has 0 N–H and O–H groups in total. The van der Waals surface area contributed by atoms with Gasteiger partial charge < -0.3 is 18.8 Å². The first kappa shape index (κ1) is 27.6. The number of rotatable bonds is 13. The summed E-state index contributed by atoms with van der Waals surface area (Å²) in [4.78, 5) is 7.67. The maximum absolute atomic E-state index is 5.83. The first-order valence-electron chi connectivity index (χ1n) is 14.7. The van der Waals surface area contributed by atoms with Gasteiger partial charge >= 0.3 is 0 Å². The van der Waals surface area contributed by atoms with Crippen LogP contribution in [-0.4, -0.2) is 37.6 Å². The SMILES string of the molecule is CCCCn1c(-n2cccn2)nc(-c2ccccc2)c1CN(Cc1cccc(OCC)c1)Cc1ccc2c(c1)OCO2. The van der Waals surface area contributed by atoms with Crippen molar-refractivity contribution in [1.29, 1.82) is 0 Å². The fourth-order valence-electron chi connectivity index (χ4n) is 5.41. The second-order valence-electron chi connectivity index (χ2n) is 10.4. The number of imidazole rings is 1. The molecule has 0 saturated carbocycles. The van der Waals surface area contributed by atoms with Crippen LogP contribution < -0.4 is 14.2 Å². The average Bonchev–Trinajstić information content (AvgIpc) is 3.77. The van der Waals surface area contributed by atoms with Gasteiger partial charge in [-0.3, -0.25) is 4.90 Å². The second-order valence-corrected chi connectivity index (χ2v) is 10.4. The van der Waals surface area contributed by atoms with Crippen molar-refractivity contribution in [1.82, 2.24) is 24.2 Å². The Kier molecular flexibility index (Phi) is 8.51. The first-order chi connectivity index (χ1) is 20.7. The minimum absolute atomic E-state index is 0.264. The Labute approximate surface area is 247 Å². The van der Waals surface area contributed by atoms with Crippen molar-refractivity contribution in [2.75, 3.05) is 13.4 Å². The standard InChI is InChI=1S/C34H37N5O3/c1-3-5-18-38-30(33(28-12-7-6-8-13-28)36-34(38)39-19-10-17-35-39)24-37(22-26-11-9-14-29(20-26)40-4-2)23-27-15-16-31-32(21-27)42-25-41-31/h6-17,19-21H,3-5,18,22-25H2,1-2H3. The van der Waals surface area contributed by atoms with E-state index in [2.05, 4.69) is 76.1 Å². The van der Waals surface area contributed by atoms with E-state index in [1.54, 1.807) is 6.20 Å². The topological polar surface area (TPSA) is 66.6 Å². The molecule has 0 atom stereocenters. The lowest BCUT2D eigenvalue weighted by atomic mass is 10.1. The minimum Gasteiger partial charge on any atom is -0.494 e. The number of ether oxygens (including phenoxy) is 3. The Morgan fingerprint density at radius 3 is 2.48 bits per heavy atom. The minimum atomic E-state index is 0.264. The van der Waals surface area contributed by atoms with Crippen LogP contribution >= 0.6 is 0 Å². The molecule has 0 fully saturated rings. The summed E-state index contributed by atoms with van der Waals surface area (Å²) in [5.74, 6) is 3.31. The molecule has 0 unspecified atom stereocenters. The normalized spacial score (nSPS) is 12.3. The first-order valence-corrected chi connectivity index (χ1v) is 14.7. The van der Waals surface area contributed by atoms with Gasteiger partial charge in [-0.25, -0.2) is 9.67 Å². The molecule has 2 aromatic heterocycles. The molecule has 0 radical (unpaired) electrons. The van der Waals surface area contributed by atoms with Crippen molar-refractivity contribution in [3.8, 4) is 34.5 Å². The van der Waals surface area contributed by atoms with Crippen LogP contribution in [0, 0.1) is 0 Å². The molecule has 0 spiro atoms. The van der Waals surface area contributed by atoms with E-state index >= 15 is 0 Å². The molecule has 6 rings (SSSR count). The van der Waals surface area contributed by atoms with Crippen molar-refractivity contribution in [2.45, 2.75) is 52.9 Å². The lowest BCUT2D eigenvalue weighted by Gasteiger charge is -2.25. The molecule has 0 aliphatic carbocycles. The summed E-state index contributed by atoms with van der Waals surface area (Å²) in [7, 11) is 0. The van der Waals surface area contributed by atoms with Crippen LogP contribution in [0.5, 0.6) is 17.2 Å². The Bertz CT molecular complexity index is 1600. The highest BCUT2D eigenvalue weighted by molar-refractivity contribution is 5.63. The molecule has 0 amide bonds. The molecule has 1 aliphatic rings. The molecule has 1 aliphatic heterocycles. The molecule has 0 bridgehead atoms. The number of benzene rings is 3. The predicted molar refractivity (Wildman–Crippen MR) is 163 cm³/mol. The summed E-state index contributed by atoms with van der Waals surface area (Å²) >= 11 is 0. The number of nitrogens with zero attached hydrogens (tertiary/aromatic N) is 5. The van der Waals surface area contributed by atoms with E-state index < -0.39 is 0 Å². The summed E-state index contributed by atoms with van der Waals surface area (Å²) in [6, 6.07) is 27.0. The Morgan fingerprint density at radius 2 is 1.69 bits per heavy atom. The van der Waals surface area contributed by atoms with Gasteiger partial charge in [-0.2, -0.15) is 5.10 Å². The number of fused-ring (bicyclic) bond motifs is 1. The zero-order valence-corrected chi connectivity index (χ0v) is 24.3. The van der Waals surface area contributed by atoms with Gasteiger partial charge in [0.1, 0.15) is 5.75 Å². The van der Waals surface area contributed by atoms with Crippen molar-refractivity contribution >= 4 is 0 Å². The van der Waals surface area contributed by atoms with E-state index in [-0.39, 0.29) is 6.79 Å². The van der Waals surface area contributed by atoms with Gasteiger partial charge in [0.2, 0.25) is 12.7 Å². The molecule has 5 aromatic rings. The lowest BCUT2D eigenvalue weighted by molar-refractivity contribution is 0.174. The number of hydrogen-bond donors (Lipinski definition) is 0. The van der Waals surface area contributed by atoms with Gasteiger partial charge in [0.05, 0.1) is 18.0 Å². The fourth-order valence-corrected chi connectivity index (χ4v) is 5.41. The third kappa shape index (κ3) is 6.19. The van der Waals surface area contributed by atoms with Crippen molar-refractivity contribution in [3.63, 3.8) is 0 Å². The molecule has 42 heavy (non-hydrogen) atoms. The number of aromatic nitrogens is 4. The molecule has 0 saturated heterocycles. The van der Waals surface area contributed by atoms with Crippen molar-refractivity contribution in [2.24, 2.45) is 0 Å². The fraction of sp³-hybridized carbons (Fsp3) is 0.294. The molecular weight excluding hydrogens is 526 g/mol. The largest absolute Gasteiger partial charge is 0.494 e. The predicted octanol–water partition coefficient (Wildman–Crippen LogP) is 6.87. The van der Waals surface area contributed by atoms with Crippen LogP contribution in [0.2, 0.25) is 0 Å². The summed E-state index contributed by atoms with van der Waals surface area (Å²) in [6.07, 6.45) is 5.90. The summed E-state index contributed by atoms with van der Waals surface area (Å²) in [5, 5.41) is 4.56. The molecular formula is C34H37N5O3. The van der Waals surface area contributed by atoms with Crippen LogP contribution in [0.15, 0.2) is 91.3 Å². The quantitative estimate of drug-likeness (QED) is 0.156. The molecule has 3 heterocycles. The maximum atomic E-state index is 5.83. The molecule has 216 valence electrons. The summed E-state index contributed by atoms with van der Waals surface area (Å²) < 4.78 is 21.3. The van der Waals surface area contributed by atoms with Crippen LogP contribution in [0.3, 0.4) is 0 Å².